The molecule has 3 aromatic rings. The Kier molecular flexibility index (Phi) is 4.75. The third-order valence-electron chi connectivity index (χ3n) is 4.90. The number of ketones is 1. The summed E-state index contributed by atoms with van der Waals surface area (Å²) < 4.78 is 19.4. The van der Waals surface area contributed by atoms with Crippen molar-refractivity contribution < 1.29 is 13.9 Å². The third-order valence-corrected chi connectivity index (χ3v) is 4.90. The van der Waals surface area contributed by atoms with Crippen LogP contribution in [0.3, 0.4) is 0 Å². The van der Waals surface area contributed by atoms with Gasteiger partial charge in [-0.1, -0.05) is 0 Å². The number of carbonyl (C=O) groups is 1. The van der Waals surface area contributed by atoms with Crippen molar-refractivity contribution in [2.75, 3.05) is 24.6 Å². The van der Waals surface area contributed by atoms with E-state index in [1.165, 1.54) is 12.1 Å². The molecule has 4 rings (SSSR count). The van der Waals surface area contributed by atoms with Crippen LogP contribution in [-0.4, -0.2) is 30.5 Å². The number of rotatable bonds is 5. The van der Waals surface area contributed by atoms with E-state index < -0.39 is 0 Å². The maximum atomic E-state index is 13.9. The van der Waals surface area contributed by atoms with Gasteiger partial charge in [-0.25, -0.2) is 4.39 Å². The summed E-state index contributed by atoms with van der Waals surface area (Å²) in [6, 6.07) is 11.6. The number of aromatic nitrogens is 1. The van der Waals surface area contributed by atoms with Gasteiger partial charge in [-0.3, -0.25) is 9.78 Å². The fourth-order valence-corrected chi connectivity index (χ4v) is 3.62. The fraction of sp³-hybridized carbons (Fsp3) is 0.273. The smallest absolute Gasteiger partial charge is 0.196 e. The summed E-state index contributed by atoms with van der Waals surface area (Å²) in [4.78, 5) is 19.8. The number of anilines is 1. The van der Waals surface area contributed by atoms with E-state index in [0.717, 1.165) is 37.4 Å². The average molecular weight is 364 g/mol. The lowest BCUT2D eigenvalue weighted by atomic mass is 10.00. The van der Waals surface area contributed by atoms with Crippen molar-refractivity contribution >= 4 is 22.4 Å². The van der Waals surface area contributed by atoms with E-state index in [4.69, 9.17) is 4.74 Å². The minimum Gasteiger partial charge on any atom is -0.494 e. The van der Waals surface area contributed by atoms with Gasteiger partial charge < -0.3 is 9.64 Å². The van der Waals surface area contributed by atoms with E-state index in [-0.39, 0.29) is 11.6 Å². The second-order valence-corrected chi connectivity index (χ2v) is 6.66. The second-order valence-electron chi connectivity index (χ2n) is 6.66. The lowest BCUT2D eigenvalue weighted by Gasteiger charge is -2.23. The normalized spacial score (nSPS) is 13.9. The number of halogens is 1. The quantitative estimate of drug-likeness (QED) is 0.621. The molecule has 0 unspecified atom stereocenters. The van der Waals surface area contributed by atoms with E-state index in [2.05, 4.69) is 9.88 Å². The molecule has 5 heteroatoms. The minimum absolute atomic E-state index is 0.112. The molecule has 0 spiro atoms. The van der Waals surface area contributed by atoms with Gasteiger partial charge in [-0.15, -0.1) is 0 Å². The highest BCUT2D eigenvalue weighted by atomic mass is 19.1. The maximum absolute atomic E-state index is 13.9. The first-order valence-electron chi connectivity index (χ1n) is 9.28. The van der Waals surface area contributed by atoms with Gasteiger partial charge in [0.05, 0.1) is 23.4 Å². The molecule has 0 radical (unpaired) electrons. The SMILES string of the molecule is CCOc1ccc(C(=O)c2cnc3ccc(F)cc3c2N2CCCC2)cc1. The van der Waals surface area contributed by atoms with Gasteiger partial charge in [0.25, 0.3) is 0 Å². The van der Waals surface area contributed by atoms with Gasteiger partial charge in [0.2, 0.25) is 0 Å². The fourth-order valence-electron chi connectivity index (χ4n) is 3.62. The Labute approximate surface area is 157 Å². The van der Waals surface area contributed by atoms with Crippen LogP contribution in [0.15, 0.2) is 48.7 Å². The number of ether oxygens (including phenoxy) is 1. The molecule has 4 nitrogen and oxygen atoms in total. The molecule has 138 valence electrons. The Morgan fingerprint density at radius 2 is 1.89 bits per heavy atom. The summed E-state index contributed by atoms with van der Waals surface area (Å²) >= 11 is 0. The molecule has 0 bridgehead atoms. The monoisotopic (exact) mass is 364 g/mol. The summed E-state index contributed by atoms with van der Waals surface area (Å²) in [5.41, 5.74) is 2.56. The Morgan fingerprint density at radius 1 is 1.15 bits per heavy atom. The summed E-state index contributed by atoms with van der Waals surface area (Å²) in [6.45, 7) is 4.21. The van der Waals surface area contributed by atoms with Crippen molar-refractivity contribution in [3.8, 4) is 5.75 Å². The number of pyridine rings is 1. The van der Waals surface area contributed by atoms with Crippen LogP contribution in [0.5, 0.6) is 5.75 Å². The highest BCUT2D eigenvalue weighted by Gasteiger charge is 2.24. The van der Waals surface area contributed by atoms with Crippen molar-refractivity contribution in [3.63, 3.8) is 0 Å². The van der Waals surface area contributed by atoms with E-state index in [0.29, 0.717) is 28.6 Å². The van der Waals surface area contributed by atoms with Gasteiger partial charge in [-0.05, 0) is 62.2 Å². The molecule has 0 N–H and O–H groups in total. The largest absolute Gasteiger partial charge is 0.494 e. The van der Waals surface area contributed by atoms with Gasteiger partial charge in [-0.2, -0.15) is 0 Å². The Bertz CT molecular complexity index is 980. The van der Waals surface area contributed by atoms with Crippen LogP contribution in [-0.2, 0) is 0 Å². The molecular weight excluding hydrogens is 343 g/mol. The average Bonchev–Trinajstić information content (AvgIpc) is 3.21. The van der Waals surface area contributed by atoms with Crippen LogP contribution >= 0.6 is 0 Å². The number of fused-ring (bicyclic) bond motifs is 1. The molecule has 2 heterocycles. The lowest BCUT2D eigenvalue weighted by molar-refractivity contribution is 0.103. The molecular formula is C22H21FN2O2. The molecule has 1 fully saturated rings. The molecule has 1 aliphatic heterocycles. The van der Waals surface area contributed by atoms with Gasteiger partial charge in [0.1, 0.15) is 11.6 Å². The molecule has 27 heavy (non-hydrogen) atoms. The highest BCUT2D eigenvalue weighted by molar-refractivity contribution is 6.16. The van der Waals surface area contributed by atoms with Crippen molar-refractivity contribution in [1.29, 1.82) is 0 Å². The van der Waals surface area contributed by atoms with Crippen LogP contribution in [0.1, 0.15) is 35.7 Å². The molecule has 0 saturated carbocycles. The van der Waals surface area contributed by atoms with Crippen LogP contribution in [0.2, 0.25) is 0 Å². The van der Waals surface area contributed by atoms with E-state index in [1.807, 2.05) is 6.92 Å². The standard InChI is InChI=1S/C22H21FN2O2/c1-2-27-17-8-5-15(6-9-17)22(26)19-14-24-20-10-7-16(23)13-18(20)21(19)25-11-3-4-12-25/h5-10,13-14H,2-4,11-12H2,1H3. The Morgan fingerprint density at radius 3 is 2.59 bits per heavy atom. The number of carbonyl (C=O) groups excluding carboxylic acids is 1. The van der Waals surface area contributed by atoms with Crippen LogP contribution < -0.4 is 9.64 Å². The molecule has 1 aromatic heterocycles. The first-order chi connectivity index (χ1) is 13.2. The highest BCUT2D eigenvalue weighted by Crippen LogP contribution is 2.34. The Balaban J connectivity index is 1.82. The second kappa shape index (κ2) is 7.35. The predicted molar refractivity (Wildman–Crippen MR) is 104 cm³/mol. The van der Waals surface area contributed by atoms with Crippen LogP contribution in [0.4, 0.5) is 10.1 Å². The minimum atomic E-state index is -0.324. The van der Waals surface area contributed by atoms with E-state index in [9.17, 15) is 9.18 Å². The van der Waals surface area contributed by atoms with Crippen molar-refractivity contribution in [3.05, 3.63) is 65.6 Å². The zero-order valence-electron chi connectivity index (χ0n) is 15.2. The van der Waals surface area contributed by atoms with E-state index >= 15 is 0 Å². The number of nitrogens with zero attached hydrogens (tertiary/aromatic N) is 2. The van der Waals surface area contributed by atoms with Crippen LogP contribution in [0, 0.1) is 5.82 Å². The Hall–Kier alpha value is -2.95. The predicted octanol–water partition coefficient (Wildman–Crippen LogP) is 4.60. The first-order valence-corrected chi connectivity index (χ1v) is 9.28. The van der Waals surface area contributed by atoms with Gasteiger partial charge in [0.15, 0.2) is 5.78 Å². The lowest BCUT2D eigenvalue weighted by Crippen LogP contribution is -2.21. The zero-order chi connectivity index (χ0) is 18.8. The molecule has 2 aromatic carbocycles. The third kappa shape index (κ3) is 3.37. The van der Waals surface area contributed by atoms with Gasteiger partial charge in [0, 0.05) is 30.2 Å². The number of hydrogen-bond donors (Lipinski definition) is 0. The topological polar surface area (TPSA) is 42.4 Å². The number of benzene rings is 2. The summed E-state index contributed by atoms with van der Waals surface area (Å²) in [5.74, 6) is 0.293. The molecule has 1 saturated heterocycles. The zero-order valence-corrected chi connectivity index (χ0v) is 15.2. The first kappa shape index (κ1) is 17.5. The molecule has 0 atom stereocenters. The van der Waals surface area contributed by atoms with Crippen molar-refractivity contribution in [2.45, 2.75) is 19.8 Å². The molecule has 1 aliphatic rings. The van der Waals surface area contributed by atoms with E-state index in [1.54, 1.807) is 36.5 Å². The van der Waals surface area contributed by atoms with Crippen molar-refractivity contribution in [1.82, 2.24) is 4.98 Å². The van der Waals surface area contributed by atoms with Crippen molar-refractivity contribution in [2.24, 2.45) is 0 Å². The maximum Gasteiger partial charge on any atom is 0.196 e. The summed E-state index contributed by atoms with van der Waals surface area (Å²) in [7, 11) is 0. The number of hydrogen-bond acceptors (Lipinski definition) is 4. The summed E-state index contributed by atoms with van der Waals surface area (Å²) in [5, 5.41) is 0.689. The summed E-state index contributed by atoms with van der Waals surface area (Å²) in [6.07, 6.45) is 3.75. The molecule has 0 amide bonds. The van der Waals surface area contributed by atoms with Crippen LogP contribution in [0.25, 0.3) is 10.9 Å². The van der Waals surface area contributed by atoms with Gasteiger partial charge >= 0.3 is 0 Å². The molecule has 0 aliphatic carbocycles.